The van der Waals surface area contributed by atoms with Crippen molar-refractivity contribution in [3.8, 4) is 45.3 Å². The molecule has 0 N–H and O–H groups in total. The third kappa shape index (κ3) is 4.52. The Bertz CT molecular complexity index is 3070. The first-order valence-corrected chi connectivity index (χ1v) is 14.2. The average molecular weight is 586 g/mol. The zero-order valence-electron chi connectivity index (χ0n) is 33.4. The Kier molecular flexibility index (Phi) is 3.93. The van der Waals surface area contributed by atoms with Gasteiger partial charge >= 0.3 is 0 Å². The molecule has 0 aliphatic carbocycles. The lowest BCUT2D eigenvalue weighted by Crippen LogP contribution is -2.00. The molecule has 0 aliphatic rings. The second kappa shape index (κ2) is 10.2. The summed E-state index contributed by atoms with van der Waals surface area (Å²) in [4.78, 5) is 14.2. The standard InChI is InChI=1S/C41H25N3O/c1-3-9-26(10-4-1)30-15-16-32-22-33(18-17-31(32)21-30)40-42-39(27-11-5-2-6-12-27)43-41(44-40)34-19-20-37-35(24-34)36-23-28-13-7-8-14-29(28)25-38(36)45-37/h1-25H/i1D,2D,3D,4D,5D,6D,9D,10D,11D,12D. The Morgan fingerprint density at radius 3 is 1.62 bits per heavy atom. The topological polar surface area (TPSA) is 51.8 Å². The zero-order chi connectivity index (χ0) is 38.4. The van der Waals surface area contributed by atoms with E-state index in [9.17, 15) is 0 Å². The van der Waals surface area contributed by atoms with E-state index < -0.39 is 48.3 Å². The van der Waals surface area contributed by atoms with E-state index in [-0.39, 0.29) is 40.7 Å². The summed E-state index contributed by atoms with van der Waals surface area (Å²) >= 11 is 0. The van der Waals surface area contributed by atoms with E-state index in [4.69, 9.17) is 28.1 Å². The third-order valence-corrected chi connectivity index (χ3v) is 7.84. The van der Waals surface area contributed by atoms with Crippen molar-refractivity contribution in [2.75, 3.05) is 0 Å². The number of benzene rings is 7. The molecule has 45 heavy (non-hydrogen) atoms. The quantitative estimate of drug-likeness (QED) is 0.206. The van der Waals surface area contributed by atoms with Gasteiger partial charge in [-0.3, -0.25) is 0 Å². The molecule has 4 heteroatoms. The van der Waals surface area contributed by atoms with Crippen LogP contribution in [0, 0.1) is 0 Å². The molecule has 0 fully saturated rings. The van der Waals surface area contributed by atoms with Gasteiger partial charge in [0.05, 0.1) is 13.7 Å². The fourth-order valence-corrected chi connectivity index (χ4v) is 5.64. The summed E-state index contributed by atoms with van der Waals surface area (Å²) in [6.45, 7) is 0. The smallest absolute Gasteiger partial charge is 0.164 e. The fraction of sp³-hybridized carbons (Fsp3) is 0. The van der Waals surface area contributed by atoms with Crippen LogP contribution in [-0.4, -0.2) is 15.0 Å². The number of nitrogens with zero attached hydrogens (tertiary/aromatic N) is 3. The van der Waals surface area contributed by atoms with Crippen molar-refractivity contribution in [2.24, 2.45) is 0 Å². The summed E-state index contributed by atoms with van der Waals surface area (Å²) in [6.07, 6.45) is 0. The number of hydrogen-bond donors (Lipinski definition) is 0. The van der Waals surface area contributed by atoms with Gasteiger partial charge in [0.1, 0.15) is 11.2 Å². The van der Waals surface area contributed by atoms with E-state index in [0.717, 1.165) is 32.3 Å². The van der Waals surface area contributed by atoms with E-state index in [0.29, 0.717) is 27.9 Å². The summed E-state index contributed by atoms with van der Waals surface area (Å²) in [7, 11) is 0. The highest BCUT2D eigenvalue weighted by Crippen LogP contribution is 2.35. The largest absolute Gasteiger partial charge is 0.456 e. The first-order valence-electron chi connectivity index (χ1n) is 19.2. The van der Waals surface area contributed by atoms with Crippen LogP contribution in [0.15, 0.2) is 156 Å². The van der Waals surface area contributed by atoms with Gasteiger partial charge in [0.25, 0.3) is 0 Å². The van der Waals surface area contributed by atoms with Gasteiger partial charge in [-0.25, -0.2) is 15.0 Å². The van der Waals surface area contributed by atoms with Crippen LogP contribution < -0.4 is 0 Å². The second-order valence-corrected chi connectivity index (χ2v) is 10.6. The van der Waals surface area contributed by atoms with E-state index >= 15 is 0 Å². The average Bonchev–Trinajstić information content (AvgIpc) is 3.56. The molecular weight excluding hydrogens is 550 g/mol. The van der Waals surface area contributed by atoms with Crippen molar-refractivity contribution >= 4 is 43.5 Å². The normalized spacial score (nSPS) is 14.7. The monoisotopic (exact) mass is 585 g/mol. The highest BCUT2D eigenvalue weighted by molar-refractivity contribution is 6.10. The van der Waals surface area contributed by atoms with Gasteiger partial charge in [-0.05, 0) is 75.1 Å². The van der Waals surface area contributed by atoms with Crippen LogP contribution in [-0.2, 0) is 0 Å². The summed E-state index contributed by atoms with van der Waals surface area (Å²) in [5.41, 5.74) is 2.89. The van der Waals surface area contributed by atoms with Gasteiger partial charge in [0, 0.05) is 27.5 Å². The van der Waals surface area contributed by atoms with E-state index in [1.807, 2.05) is 48.5 Å². The Morgan fingerprint density at radius 1 is 0.400 bits per heavy atom. The summed E-state index contributed by atoms with van der Waals surface area (Å²) < 4.78 is 89.3. The van der Waals surface area contributed by atoms with Crippen molar-refractivity contribution in [1.29, 1.82) is 0 Å². The van der Waals surface area contributed by atoms with Crippen molar-refractivity contribution < 1.29 is 18.1 Å². The van der Waals surface area contributed by atoms with E-state index in [2.05, 4.69) is 11.1 Å². The number of rotatable bonds is 4. The van der Waals surface area contributed by atoms with Gasteiger partial charge in [-0.1, -0.05) is 109 Å². The molecule has 9 aromatic rings. The SMILES string of the molecule is [2H]c1c([2H])c([2H])c(-c2ccc3cc(-c4nc(-c5ccc6oc7cc8ccccc8cc7c6c5)nc(-c5c([2H])c([2H])c([2H])c([2H])c5[2H])n4)ccc3c2)c([2H])c1[2H]. The number of aromatic nitrogens is 3. The van der Waals surface area contributed by atoms with Gasteiger partial charge < -0.3 is 4.42 Å². The van der Waals surface area contributed by atoms with E-state index in [1.165, 1.54) is 0 Å². The summed E-state index contributed by atoms with van der Waals surface area (Å²) in [5, 5.41) is 5.26. The third-order valence-electron chi connectivity index (χ3n) is 7.84. The highest BCUT2D eigenvalue weighted by atomic mass is 16.3. The number of fused-ring (bicyclic) bond motifs is 5. The highest BCUT2D eigenvalue weighted by Gasteiger charge is 2.15. The molecule has 2 heterocycles. The van der Waals surface area contributed by atoms with Crippen LogP contribution >= 0.6 is 0 Å². The predicted molar refractivity (Wildman–Crippen MR) is 184 cm³/mol. The van der Waals surface area contributed by atoms with Crippen LogP contribution in [0.2, 0.25) is 0 Å². The molecular formula is C41H25N3O. The molecule has 0 amide bonds. The lowest BCUT2D eigenvalue weighted by atomic mass is 10.00. The van der Waals surface area contributed by atoms with Crippen LogP contribution in [0.25, 0.3) is 88.8 Å². The Labute approximate surface area is 273 Å². The maximum Gasteiger partial charge on any atom is 0.164 e. The predicted octanol–water partition coefficient (Wildman–Crippen LogP) is 10.7. The summed E-state index contributed by atoms with van der Waals surface area (Å²) in [5.74, 6) is 0.295. The van der Waals surface area contributed by atoms with Gasteiger partial charge in [-0.15, -0.1) is 0 Å². The minimum atomic E-state index is -0.532. The van der Waals surface area contributed by atoms with Gasteiger partial charge in [0.2, 0.25) is 0 Å². The number of furan rings is 1. The lowest BCUT2D eigenvalue weighted by Gasteiger charge is -2.10. The van der Waals surface area contributed by atoms with Crippen LogP contribution in [0.3, 0.4) is 0 Å². The van der Waals surface area contributed by atoms with Crippen molar-refractivity contribution in [2.45, 2.75) is 0 Å². The first kappa shape index (κ1) is 17.2. The Morgan fingerprint density at radius 2 is 0.911 bits per heavy atom. The Hall–Kier alpha value is -6.13. The van der Waals surface area contributed by atoms with Crippen molar-refractivity contribution in [3.05, 3.63) is 151 Å². The molecule has 0 unspecified atom stereocenters. The molecule has 9 rings (SSSR count). The van der Waals surface area contributed by atoms with Crippen LogP contribution in [0.1, 0.15) is 13.7 Å². The molecule has 0 aliphatic heterocycles. The van der Waals surface area contributed by atoms with Crippen LogP contribution in [0.5, 0.6) is 0 Å². The second-order valence-electron chi connectivity index (χ2n) is 10.6. The molecule has 0 atom stereocenters. The van der Waals surface area contributed by atoms with Gasteiger partial charge in [0.15, 0.2) is 17.5 Å². The number of hydrogen-bond acceptors (Lipinski definition) is 4. The van der Waals surface area contributed by atoms with Gasteiger partial charge in [-0.2, -0.15) is 0 Å². The fourth-order valence-electron chi connectivity index (χ4n) is 5.64. The maximum absolute atomic E-state index is 8.69. The lowest BCUT2D eigenvalue weighted by molar-refractivity contribution is 0.669. The maximum atomic E-state index is 8.69. The summed E-state index contributed by atoms with van der Waals surface area (Å²) in [6, 6.07) is 23.8. The Balaban J connectivity index is 1.23. The molecule has 0 saturated heterocycles. The molecule has 0 bridgehead atoms. The molecule has 4 nitrogen and oxygen atoms in total. The molecule has 0 saturated carbocycles. The molecule has 0 spiro atoms. The molecule has 7 aromatic carbocycles. The molecule has 2 aromatic heterocycles. The van der Waals surface area contributed by atoms with Crippen LogP contribution in [0.4, 0.5) is 0 Å². The molecule has 210 valence electrons. The minimum absolute atomic E-state index is 0.0953. The zero-order valence-corrected chi connectivity index (χ0v) is 23.4. The minimum Gasteiger partial charge on any atom is -0.456 e. The van der Waals surface area contributed by atoms with Crippen molar-refractivity contribution in [3.63, 3.8) is 0 Å². The first-order chi connectivity index (χ1) is 26.4. The van der Waals surface area contributed by atoms with E-state index in [1.54, 1.807) is 36.4 Å². The molecule has 0 radical (unpaired) electrons. The van der Waals surface area contributed by atoms with Crippen molar-refractivity contribution in [1.82, 2.24) is 15.0 Å².